The van der Waals surface area contributed by atoms with Crippen molar-refractivity contribution >= 4 is 11.4 Å². The number of aromatic hydroxyl groups is 1. The van der Waals surface area contributed by atoms with Gasteiger partial charge >= 0.3 is 0 Å². The average molecular weight is 396 g/mol. The lowest BCUT2D eigenvalue weighted by Crippen LogP contribution is -1.92. The van der Waals surface area contributed by atoms with Crippen molar-refractivity contribution in [3.8, 4) is 5.75 Å². The minimum absolute atomic E-state index is 0.298. The van der Waals surface area contributed by atoms with Crippen LogP contribution >= 0.6 is 0 Å². The summed E-state index contributed by atoms with van der Waals surface area (Å²) in [6.45, 7) is 2.29. The van der Waals surface area contributed by atoms with E-state index in [1.54, 1.807) is 12.1 Å². The van der Waals surface area contributed by atoms with Crippen molar-refractivity contribution in [3.05, 3.63) is 54.1 Å². The van der Waals surface area contributed by atoms with Gasteiger partial charge in [0.25, 0.3) is 0 Å². The van der Waals surface area contributed by atoms with Gasteiger partial charge in [0.15, 0.2) is 0 Å². The largest absolute Gasteiger partial charge is 0.508 e. The Morgan fingerprint density at radius 1 is 0.621 bits per heavy atom. The third-order valence-corrected chi connectivity index (χ3v) is 5.65. The molecule has 0 saturated heterocycles. The fourth-order valence-corrected chi connectivity index (χ4v) is 3.86. The molecule has 2 heteroatoms. The molecule has 2 aromatic rings. The third-order valence-electron chi connectivity index (χ3n) is 5.65. The molecule has 0 bridgehead atoms. The molecule has 2 N–H and O–H groups in total. The van der Waals surface area contributed by atoms with E-state index in [0.717, 1.165) is 17.8 Å². The van der Waals surface area contributed by atoms with Crippen molar-refractivity contribution in [1.29, 1.82) is 0 Å². The van der Waals surface area contributed by atoms with E-state index < -0.39 is 0 Å². The first-order valence-corrected chi connectivity index (χ1v) is 11.9. The van der Waals surface area contributed by atoms with E-state index in [0.29, 0.717) is 5.75 Å². The highest BCUT2D eigenvalue weighted by molar-refractivity contribution is 5.60. The lowest BCUT2D eigenvalue weighted by molar-refractivity contribution is 0.475. The second-order valence-electron chi connectivity index (χ2n) is 8.36. The highest BCUT2D eigenvalue weighted by atomic mass is 16.3. The zero-order chi connectivity index (χ0) is 20.6. The lowest BCUT2D eigenvalue weighted by Gasteiger charge is -2.09. The van der Waals surface area contributed by atoms with E-state index in [9.17, 15) is 5.11 Å². The normalized spacial score (nSPS) is 10.9. The van der Waals surface area contributed by atoms with E-state index in [-0.39, 0.29) is 0 Å². The molecule has 0 aromatic heterocycles. The Labute approximate surface area is 178 Å². The number of benzene rings is 2. The summed E-state index contributed by atoms with van der Waals surface area (Å²) in [4.78, 5) is 0. The SMILES string of the molecule is CCCCCCCCCCCCCCCc1cccc(Nc2ccc(O)cc2)c1. The molecule has 160 valence electrons. The number of phenolic OH excluding ortho intramolecular Hbond substituents is 1. The van der Waals surface area contributed by atoms with E-state index in [4.69, 9.17) is 0 Å². The number of unbranched alkanes of at least 4 members (excludes halogenated alkanes) is 12. The van der Waals surface area contributed by atoms with Crippen LogP contribution < -0.4 is 5.32 Å². The van der Waals surface area contributed by atoms with Gasteiger partial charge in [-0.15, -0.1) is 0 Å². The summed E-state index contributed by atoms with van der Waals surface area (Å²) in [7, 11) is 0. The Balaban J connectivity index is 1.50. The molecule has 0 aliphatic rings. The molecule has 0 heterocycles. The van der Waals surface area contributed by atoms with Crippen LogP contribution in [0.5, 0.6) is 5.75 Å². The summed E-state index contributed by atoms with van der Waals surface area (Å²) in [5, 5.41) is 12.8. The second kappa shape index (κ2) is 15.0. The van der Waals surface area contributed by atoms with Crippen molar-refractivity contribution < 1.29 is 5.11 Å². The second-order valence-corrected chi connectivity index (χ2v) is 8.36. The van der Waals surface area contributed by atoms with Crippen LogP contribution in [0.15, 0.2) is 48.5 Å². The van der Waals surface area contributed by atoms with Crippen LogP contribution in [0.4, 0.5) is 11.4 Å². The molecule has 0 spiro atoms. The molecule has 2 aromatic carbocycles. The molecule has 2 nitrogen and oxygen atoms in total. The van der Waals surface area contributed by atoms with Gasteiger partial charge < -0.3 is 10.4 Å². The summed E-state index contributed by atoms with van der Waals surface area (Å²) in [6, 6.07) is 15.9. The molecule has 0 fully saturated rings. The van der Waals surface area contributed by atoms with Gasteiger partial charge in [-0.3, -0.25) is 0 Å². The number of hydrogen-bond donors (Lipinski definition) is 2. The Hall–Kier alpha value is -1.96. The molecular formula is C27H41NO. The first kappa shape index (κ1) is 23.3. The predicted molar refractivity (Wildman–Crippen MR) is 127 cm³/mol. The summed E-state index contributed by atoms with van der Waals surface area (Å²) in [6.07, 6.45) is 19.4. The molecule has 0 atom stereocenters. The van der Waals surface area contributed by atoms with Crippen molar-refractivity contribution in [2.45, 2.75) is 96.8 Å². The first-order valence-electron chi connectivity index (χ1n) is 11.9. The van der Waals surface area contributed by atoms with Crippen LogP contribution in [0.25, 0.3) is 0 Å². The molecule has 29 heavy (non-hydrogen) atoms. The van der Waals surface area contributed by atoms with Crippen LogP contribution in [-0.2, 0) is 6.42 Å². The number of aryl methyl sites for hydroxylation is 1. The fourth-order valence-electron chi connectivity index (χ4n) is 3.86. The molecule has 0 radical (unpaired) electrons. The smallest absolute Gasteiger partial charge is 0.115 e. The highest BCUT2D eigenvalue weighted by Gasteiger charge is 1.99. The minimum Gasteiger partial charge on any atom is -0.508 e. The minimum atomic E-state index is 0.298. The standard InChI is InChI=1S/C27H41NO/c1-2-3-4-5-6-7-8-9-10-11-12-13-14-16-24-17-15-18-26(23-24)28-25-19-21-27(29)22-20-25/h15,17-23,28-29H,2-14,16H2,1H3. The average Bonchev–Trinajstić information content (AvgIpc) is 2.73. The lowest BCUT2D eigenvalue weighted by atomic mass is 10.0. The zero-order valence-corrected chi connectivity index (χ0v) is 18.5. The van der Waals surface area contributed by atoms with Crippen LogP contribution in [0.2, 0.25) is 0 Å². The van der Waals surface area contributed by atoms with Gasteiger partial charge in [0, 0.05) is 11.4 Å². The van der Waals surface area contributed by atoms with E-state index in [1.165, 1.54) is 89.0 Å². The van der Waals surface area contributed by atoms with Gasteiger partial charge in [-0.2, -0.15) is 0 Å². The number of anilines is 2. The topological polar surface area (TPSA) is 32.3 Å². The van der Waals surface area contributed by atoms with Gasteiger partial charge in [0.05, 0.1) is 0 Å². The van der Waals surface area contributed by atoms with Crippen molar-refractivity contribution in [1.82, 2.24) is 0 Å². The van der Waals surface area contributed by atoms with Gasteiger partial charge in [0.1, 0.15) is 5.75 Å². The number of rotatable bonds is 16. The number of nitrogens with one attached hydrogen (secondary N) is 1. The van der Waals surface area contributed by atoms with E-state index in [2.05, 4.69) is 36.5 Å². The monoisotopic (exact) mass is 395 g/mol. The Kier molecular flexibility index (Phi) is 12.0. The van der Waals surface area contributed by atoms with Crippen LogP contribution in [0, 0.1) is 0 Å². The number of phenols is 1. The van der Waals surface area contributed by atoms with Crippen molar-refractivity contribution in [2.75, 3.05) is 5.32 Å². The maximum Gasteiger partial charge on any atom is 0.115 e. The van der Waals surface area contributed by atoms with Crippen LogP contribution in [0.3, 0.4) is 0 Å². The fraction of sp³-hybridized carbons (Fsp3) is 0.556. The van der Waals surface area contributed by atoms with Crippen LogP contribution in [-0.4, -0.2) is 5.11 Å². The summed E-state index contributed by atoms with van der Waals surface area (Å²) < 4.78 is 0. The Morgan fingerprint density at radius 3 is 1.76 bits per heavy atom. The van der Waals surface area contributed by atoms with E-state index in [1.807, 2.05) is 12.1 Å². The predicted octanol–water partition coefficient (Wildman–Crippen LogP) is 8.77. The highest BCUT2D eigenvalue weighted by Crippen LogP contribution is 2.21. The van der Waals surface area contributed by atoms with Gasteiger partial charge in [-0.25, -0.2) is 0 Å². The van der Waals surface area contributed by atoms with Crippen molar-refractivity contribution in [2.24, 2.45) is 0 Å². The molecule has 0 aliphatic heterocycles. The van der Waals surface area contributed by atoms with Gasteiger partial charge in [-0.05, 0) is 54.8 Å². The first-order chi connectivity index (χ1) is 14.3. The molecule has 0 amide bonds. The maximum atomic E-state index is 9.39. The molecule has 0 unspecified atom stereocenters. The summed E-state index contributed by atoms with van der Waals surface area (Å²) in [5.74, 6) is 0.298. The van der Waals surface area contributed by atoms with Gasteiger partial charge in [0.2, 0.25) is 0 Å². The van der Waals surface area contributed by atoms with Crippen LogP contribution in [0.1, 0.15) is 96.0 Å². The van der Waals surface area contributed by atoms with E-state index >= 15 is 0 Å². The zero-order valence-electron chi connectivity index (χ0n) is 18.5. The van der Waals surface area contributed by atoms with Gasteiger partial charge in [-0.1, -0.05) is 96.1 Å². The summed E-state index contributed by atoms with van der Waals surface area (Å²) >= 11 is 0. The Bertz CT molecular complexity index is 650. The third kappa shape index (κ3) is 11.0. The number of hydrogen-bond acceptors (Lipinski definition) is 2. The molecular weight excluding hydrogens is 354 g/mol. The molecule has 0 saturated carbocycles. The molecule has 2 rings (SSSR count). The quantitative estimate of drug-likeness (QED) is 0.220. The summed E-state index contributed by atoms with van der Waals surface area (Å²) in [5.41, 5.74) is 3.51. The maximum absolute atomic E-state index is 9.39. The van der Waals surface area contributed by atoms with Crippen molar-refractivity contribution in [3.63, 3.8) is 0 Å². The molecule has 0 aliphatic carbocycles. The Morgan fingerprint density at radius 2 is 1.17 bits per heavy atom.